The van der Waals surface area contributed by atoms with Crippen LogP contribution in [0, 0.1) is 23.2 Å². The standard InChI is InChI=1S/C21H32ClNO2/c22-21-11-15-8-16(12-21)10-20(9-15,14-21)19(24)25-13-17-4-3-7-23-6-2-1-5-18(17)23/h15-18H,1-14H2/t15?,16?,17-,18+,20?,21?/m1/s1. The van der Waals surface area contributed by atoms with Gasteiger partial charge in [-0.1, -0.05) is 6.42 Å². The molecule has 0 aromatic carbocycles. The van der Waals surface area contributed by atoms with E-state index in [0.29, 0.717) is 30.4 Å². The van der Waals surface area contributed by atoms with Gasteiger partial charge in [0.15, 0.2) is 0 Å². The Morgan fingerprint density at radius 1 is 1.04 bits per heavy atom. The summed E-state index contributed by atoms with van der Waals surface area (Å²) in [7, 11) is 0. The average molecular weight is 366 g/mol. The molecular weight excluding hydrogens is 334 g/mol. The molecule has 0 aromatic rings. The molecule has 3 nitrogen and oxygen atoms in total. The molecule has 4 bridgehead atoms. The number of piperidine rings is 2. The summed E-state index contributed by atoms with van der Waals surface area (Å²) < 4.78 is 6.04. The molecule has 4 heteroatoms. The molecule has 4 saturated carbocycles. The van der Waals surface area contributed by atoms with Gasteiger partial charge in [0.2, 0.25) is 0 Å². The highest BCUT2D eigenvalue weighted by Gasteiger charge is 2.60. The molecule has 4 atom stereocenters. The summed E-state index contributed by atoms with van der Waals surface area (Å²) in [5.41, 5.74) is -0.243. The Labute approximate surface area is 156 Å². The number of ether oxygens (including phenoxy) is 1. The van der Waals surface area contributed by atoms with Crippen LogP contribution in [-0.2, 0) is 9.53 Å². The van der Waals surface area contributed by atoms with E-state index in [4.69, 9.17) is 16.3 Å². The predicted octanol–water partition coefficient (Wildman–Crippen LogP) is 4.37. The minimum Gasteiger partial charge on any atom is -0.465 e. The summed E-state index contributed by atoms with van der Waals surface area (Å²) in [5, 5.41) is 0. The minimum atomic E-state index is -0.243. The molecule has 0 aromatic heterocycles. The number of hydrogen-bond acceptors (Lipinski definition) is 3. The van der Waals surface area contributed by atoms with Gasteiger partial charge in [-0.3, -0.25) is 9.69 Å². The maximum absolute atomic E-state index is 13.1. The lowest BCUT2D eigenvalue weighted by molar-refractivity contribution is -0.172. The van der Waals surface area contributed by atoms with Crippen LogP contribution < -0.4 is 0 Å². The summed E-state index contributed by atoms with van der Waals surface area (Å²) in [6.45, 7) is 3.14. The monoisotopic (exact) mass is 365 g/mol. The summed E-state index contributed by atoms with van der Waals surface area (Å²) >= 11 is 6.89. The van der Waals surface area contributed by atoms with Crippen molar-refractivity contribution in [2.75, 3.05) is 19.7 Å². The van der Waals surface area contributed by atoms with Gasteiger partial charge < -0.3 is 4.74 Å². The van der Waals surface area contributed by atoms with Crippen LogP contribution in [-0.4, -0.2) is 41.5 Å². The molecule has 0 amide bonds. The van der Waals surface area contributed by atoms with Gasteiger partial charge in [0.1, 0.15) is 0 Å². The number of hydrogen-bond donors (Lipinski definition) is 0. The molecule has 2 heterocycles. The Balaban J connectivity index is 1.25. The fourth-order valence-corrected chi connectivity index (χ4v) is 8.19. The molecule has 0 radical (unpaired) electrons. The quantitative estimate of drug-likeness (QED) is 0.549. The zero-order valence-electron chi connectivity index (χ0n) is 15.4. The van der Waals surface area contributed by atoms with Crippen molar-refractivity contribution in [3.8, 4) is 0 Å². The largest absolute Gasteiger partial charge is 0.465 e. The van der Waals surface area contributed by atoms with Gasteiger partial charge >= 0.3 is 5.97 Å². The number of carbonyl (C=O) groups is 1. The van der Waals surface area contributed by atoms with Crippen LogP contribution in [0.3, 0.4) is 0 Å². The van der Waals surface area contributed by atoms with Gasteiger partial charge in [0, 0.05) is 16.8 Å². The Bertz CT molecular complexity index is 534. The van der Waals surface area contributed by atoms with Crippen LogP contribution in [0.1, 0.15) is 70.6 Å². The topological polar surface area (TPSA) is 29.5 Å². The van der Waals surface area contributed by atoms with Crippen molar-refractivity contribution in [2.24, 2.45) is 23.2 Å². The zero-order chi connectivity index (χ0) is 17.1. The summed E-state index contributed by atoms with van der Waals surface area (Å²) in [6, 6.07) is 0.658. The van der Waals surface area contributed by atoms with E-state index in [2.05, 4.69) is 4.90 Å². The first-order valence-electron chi connectivity index (χ1n) is 10.7. The van der Waals surface area contributed by atoms with Gasteiger partial charge in [-0.15, -0.1) is 11.6 Å². The number of carbonyl (C=O) groups excluding carboxylic acids is 1. The highest BCUT2D eigenvalue weighted by atomic mass is 35.5. The number of nitrogens with zero attached hydrogens (tertiary/aromatic N) is 1. The van der Waals surface area contributed by atoms with Crippen LogP contribution in [0.4, 0.5) is 0 Å². The fraction of sp³-hybridized carbons (Fsp3) is 0.952. The second kappa shape index (κ2) is 6.12. The first-order chi connectivity index (χ1) is 12.1. The van der Waals surface area contributed by atoms with Crippen molar-refractivity contribution in [3.63, 3.8) is 0 Å². The van der Waals surface area contributed by atoms with Crippen molar-refractivity contribution >= 4 is 17.6 Å². The van der Waals surface area contributed by atoms with E-state index in [9.17, 15) is 4.79 Å². The van der Waals surface area contributed by atoms with E-state index in [1.54, 1.807) is 0 Å². The molecule has 2 saturated heterocycles. The van der Waals surface area contributed by atoms with Crippen LogP contribution >= 0.6 is 11.6 Å². The lowest BCUT2D eigenvalue weighted by atomic mass is 9.49. The SMILES string of the molecule is O=C(OC[C@H]1CCCN2CCCC[C@@H]12)C12CC3CC(CC(Cl)(C3)C1)C2. The third kappa shape index (κ3) is 2.94. The molecule has 6 rings (SSSR count). The highest BCUT2D eigenvalue weighted by molar-refractivity contribution is 6.24. The zero-order valence-corrected chi connectivity index (χ0v) is 16.1. The van der Waals surface area contributed by atoms with Crippen LogP contribution in [0.25, 0.3) is 0 Å². The summed E-state index contributed by atoms with van der Waals surface area (Å²) in [5.74, 6) is 1.97. The van der Waals surface area contributed by atoms with Crippen molar-refractivity contribution in [1.82, 2.24) is 4.90 Å². The highest BCUT2D eigenvalue weighted by Crippen LogP contribution is 2.64. The maximum Gasteiger partial charge on any atom is 0.312 e. The molecule has 2 aliphatic heterocycles. The second-order valence-corrected chi connectivity index (χ2v) is 10.8. The van der Waals surface area contributed by atoms with Crippen molar-refractivity contribution < 1.29 is 9.53 Å². The van der Waals surface area contributed by atoms with Crippen LogP contribution in [0.15, 0.2) is 0 Å². The Hall–Kier alpha value is -0.280. The Morgan fingerprint density at radius 2 is 1.80 bits per heavy atom. The minimum absolute atomic E-state index is 0.0968. The van der Waals surface area contributed by atoms with Gasteiger partial charge in [0.05, 0.1) is 12.0 Å². The normalized spacial score (nSPS) is 49.0. The van der Waals surface area contributed by atoms with E-state index in [0.717, 1.165) is 32.1 Å². The van der Waals surface area contributed by atoms with E-state index in [-0.39, 0.29) is 16.3 Å². The van der Waals surface area contributed by atoms with Gasteiger partial charge in [-0.05, 0) is 89.1 Å². The molecule has 0 N–H and O–H groups in total. The number of fused-ring (bicyclic) bond motifs is 1. The molecule has 4 aliphatic carbocycles. The first kappa shape index (κ1) is 16.9. The molecule has 2 unspecified atom stereocenters. The van der Waals surface area contributed by atoms with E-state index < -0.39 is 0 Å². The maximum atomic E-state index is 13.1. The Kier molecular flexibility index (Phi) is 4.13. The van der Waals surface area contributed by atoms with E-state index >= 15 is 0 Å². The smallest absolute Gasteiger partial charge is 0.312 e. The van der Waals surface area contributed by atoms with Crippen molar-refractivity contribution in [2.45, 2.75) is 81.5 Å². The third-order valence-corrected chi connectivity index (χ3v) is 8.52. The molecule has 25 heavy (non-hydrogen) atoms. The second-order valence-electron chi connectivity index (χ2n) is 9.99. The molecular formula is C21H32ClNO2. The predicted molar refractivity (Wildman–Crippen MR) is 98.6 cm³/mol. The lowest BCUT2D eigenvalue weighted by Gasteiger charge is -2.58. The molecule has 0 spiro atoms. The van der Waals surface area contributed by atoms with Crippen LogP contribution in [0.5, 0.6) is 0 Å². The number of alkyl halides is 1. The van der Waals surface area contributed by atoms with Crippen molar-refractivity contribution in [3.05, 3.63) is 0 Å². The number of esters is 1. The van der Waals surface area contributed by atoms with Gasteiger partial charge in [-0.2, -0.15) is 0 Å². The van der Waals surface area contributed by atoms with E-state index in [1.165, 1.54) is 51.6 Å². The number of rotatable bonds is 3. The van der Waals surface area contributed by atoms with Gasteiger partial charge in [-0.25, -0.2) is 0 Å². The third-order valence-electron chi connectivity index (χ3n) is 8.08. The number of halogens is 1. The van der Waals surface area contributed by atoms with Gasteiger partial charge in [0.25, 0.3) is 0 Å². The Morgan fingerprint density at radius 3 is 2.56 bits per heavy atom. The molecule has 140 valence electrons. The van der Waals surface area contributed by atoms with E-state index in [1.807, 2.05) is 0 Å². The molecule has 6 aliphatic rings. The fourth-order valence-electron chi connectivity index (χ4n) is 7.50. The summed E-state index contributed by atoms with van der Waals surface area (Å²) in [4.78, 5) is 15.7. The van der Waals surface area contributed by atoms with Crippen LogP contribution in [0.2, 0.25) is 0 Å². The van der Waals surface area contributed by atoms with Crippen molar-refractivity contribution in [1.29, 1.82) is 0 Å². The average Bonchev–Trinajstić information content (AvgIpc) is 2.57. The lowest BCUT2D eigenvalue weighted by Crippen LogP contribution is -2.56. The summed E-state index contributed by atoms with van der Waals surface area (Å²) in [6.07, 6.45) is 13.0. The first-order valence-corrected chi connectivity index (χ1v) is 11.0. The molecule has 6 fully saturated rings.